The molecule has 2 aromatic rings. The fourth-order valence-corrected chi connectivity index (χ4v) is 1.57. The van der Waals surface area contributed by atoms with Crippen molar-refractivity contribution in [3.8, 4) is 0 Å². The second-order valence-corrected chi connectivity index (χ2v) is 3.51. The molecule has 82 valence electrons. The van der Waals surface area contributed by atoms with Crippen LogP contribution in [0.1, 0.15) is 0 Å². The van der Waals surface area contributed by atoms with Crippen LogP contribution < -0.4 is 16.4 Å². The topological polar surface area (TPSA) is 50.1 Å². The van der Waals surface area contributed by atoms with Gasteiger partial charge < -0.3 is 16.4 Å². The van der Waals surface area contributed by atoms with Crippen molar-refractivity contribution in [2.45, 2.75) is 0 Å². The van der Waals surface area contributed by atoms with E-state index >= 15 is 0 Å². The molecule has 0 saturated carbocycles. The summed E-state index contributed by atoms with van der Waals surface area (Å²) in [6.45, 7) is 0. The van der Waals surface area contributed by atoms with Crippen LogP contribution in [0.5, 0.6) is 0 Å². The van der Waals surface area contributed by atoms with Crippen LogP contribution in [0.4, 0.5) is 22.7 Å². The maximum absolute atomic E-state index is 6.02. The molecule has 2 aromatic carbocycles. The van der Waals surface area contributed by atoms with Gasteiger partial charge in [-0.2, -0.15) is 0 Å². The number of para-hydroxylation sites is 2. The van der Waals surface area contributed by atoms with E-state index in [9.17, 15) is 0 Å². The molecular weight excluding hydrogens is 198 g/mol. The first-order valence-corrected chi connectivity index (χ1v) is 5.19. The lowest BCUT2D eigenvalue weighted by Gasteiger charge is -2.12. The van der Waals surface area contributed by atoms with Gasteiger partial charge in [-0.05, 0) is 24.3 Å². The van der Waals surface area contributed by atoms with Gasteiger partial charge in [0.25, 0.3) is 0 Å². The van der Waals surface area contributed by atoms with Crippen molar-refractivity contribution in [3.63, 3.8) is 0 Å². The first-order chi connectivity index (χ1) is 7.81. The number of nitrogens with one attached hydrogen (secondary N) is 2. The highest BCUT2D eigenvalue weighted by Crippen LogP contribution is 2.29. The maximum Gasteiger partial charge on any atom is 0.0788 e. The van der Waals surface area contributed by atoms with Gasteiger partial charge in [0.1, 0.15) is 0 Å². The molecule has 3 nitrogen and oxygen atoms in total. The molecular formula is C13H15N3. The van der Waals surface area contributed by atoms with Gasteiger partial charge in [-0.25, -0.2) is 0 Å². The minimum Gasteiger partial charge on any atom is -0.395 e. The third kappa shape index (κ3) is 2.08. The Morgan fingerprint density at radius 2 is 1.56 bits per heavy atom. The lowest BCUT2D eigenvalue weighted by atomic mass is 10.2. The zero-order chi connectivity index (χ0) is 11.4. The number of hydrogen-bond acceptors (Lipinski definition) is 3. The number of nitrogen functional groups attached to an aromatic ring is 1. The van der Waals surface area contributed by atoms with E-state index in [0.717, 1.165) is 22.7 Å². The standard InChI is InChI=1S/C13H15N3/c1-15-11-8-5-9-12(13(11)14)16-10-6-3-2-4-7-10/h2-9,15-16H,14H2,1H3. The Labute approximate surface area is 95.3 Å². The van der Waals surface area contributed by atoms with Gasteiger partial charge in [-0.15, -0.1) is 0 Å². The molecule has 0 atom stereocenters. The highest BCUT2D eigenvalue weighted by Gasteiger charge is 2.02. The van der Waals surface area contributed by atoms with Gasteiger partial charge >= 0.3 is 0 Å². The van der Waals surface area contributed by atoms with E-state index < -0.39 is 0 Å². The van der Waals surface area contributed by atoms with Crippen LogP contribution in [0.3, 0.4) is 0 Å². The van der Waals surface area contributed by atoms with Crippen LogP contribution in [-0.2, 0) is 0 Å². The molecule has 0 aliphatic heterocycles. The number of nitrogens with two attached hydrogens (primary N) is 1. The molecule has 0 amide bonds. The zero-order valence-electron chi connectivity index (χ0n) is 9.20. The summed E-state index contributed by atoms with van der Waals surface area (Å²) in [6.07, 6.45) is 0. The minimum atomic E-state index is 0.730. The molecule has 16 heavy (non-hydrogen) atoms. The smallest absolute Gasteiger partial charge is 0.0788 e. The van der Waals surface area contributed by atoms with E-state index in [1.165, 1.54) is 0 Å². The van der Waals surface area contributed by atoms with Crippen LogP contribution in [0.25, 0.3) is 0 Å². The molecule has 0 fully saturated rings. The Morgan fingerprint density at radius 3 is 2.25 bits per heavy atom. The molecule has 0 unspecified atom stereocenters. The van der Waals surface area contributed by atoms with E-state index in [-0.39, 0.29) is 0 Å². The van der Waals surface area contributed by atoms with Gasteiger partial charge in [0.05, 0.1) is 17.1 Å². The van der Waals surface area contributed by atoms with Gasteiger partial charge in [-0.3, -0.25) is 0 Å². The van der Waals surface area contributed by atoms with E-state index in [1.54, 1.807) is 0 Å². The molecule has 0 saturated heterocycles. The summed E-state index contributed by atoms with van der Waals surface area (Å²) in [4.78, 5) is 0. The van der Waals surface area contributed by atoms with Crippen molar-refractivity contribution in [2.24, 2.45) is 0 Å². The Balaban J connectivity index is 2.28. The summed E-state index contributed by atoms with van der Waals surface area (Å²) in [5, 5.41) is 6.34. The van der Waals surface area contributed by atoms with E-state index in [1.807, 2.05) is 55.6 Å². The lowest BCUT2D eigenvalue weighted by Crippen LogP contribution is -2.00. The summed E-state index contributed by atoms with van der Waals surface area (Å²) in [6, 6.07) is 15.8. The first-order valence-electron chi connectivity index (χ1n) is 5.19. The molecule has 0 aliphatic rings. The Morgan fingerprint density at radius 1 is 0.875 bits per heavy atom. The zero-order valence-corrected chi connectivity index (χ0v) is 9.20. The van der Waals surface area contributed by atoms with Crippen LogP contribution in [0, 0.1) is 0 Å². The summed E-state index contributed by atoms with van der Waals surface area (Å²) < 4.78 is 0. The van der Waals surface area contributed by atoms with Crippen molar-refractivity contribution in [3.05, 3.63) is 48.5 Å². The molecule has 0 spiro atoms. The SMILES string of the molecule is CNc1cccc(Nc2ccccc2)c1N. The second-order valence-electron chi connectivity index (χ2n) is 3.51. The molecule has 2 rings (SSSR count). The Kier molecular flexibility index (Phi) is 2.96. The normalized spacial score (nSPS) is 9.81. The molecule has 0 bridgehead atoms. The fraction of sp³-hybridized carbons (Fsp3) is 0.0769. The van der Waals surface area contributed by atoms with Crippen LogP contribution in [0.2, 0.25) is 0 Å². The highest BCUT2D eigenvalue weighted by molar-refractivity contribution is 5.82. The summed E-state index contributed by atoms with van der Waals surface area (Å²) >= 11 is 0. The van der Waals surface area contributed by atoms with Gasteiger partial charge in [0.15, 0.2) is 0 Å². The quantitative estimate of drug-likeness (QED) is 0.687. The van der Waals surface area contributed by atoms with E-state index in [0.29, 0.717) is 0 Å². The molecule has 0 aliphatic carbocycles. The van der Waals surface area contributed by atoms with Crippen molar-refractivity contribution in [2.75, 3.05) is 23.4 Å². The van der Waals surface area contributed by atoms with Gasteiger partial charge in [-0.1, -0.05) is 24.3 Å². The second kappa shape index (κ2) is 4.57. The Bertz CT molecular complexity index is 466. The number of rotatable bonds is 3. The number of anilines is 4. The average molecular weight is 213 g/mol. The predicted octanol–water partition coefficient (Wildman–Crippen LogP) is 3.05. The third-order valence-electron chi connectivity index (χ3n) is 2.43. The first kappa shape index (κ1) is 10.4. The van der Waals surface area contributed by atoms with Crippen molar-refractivity contribution < 1.29 is 0 Å². The summed E-state index contributed by atoms with van der Waals surface area (Å²) in [5.74, 6) is 0. The lowest BCUT2D eigenvalue weighted by molar-refractivity contribution is 1.49. The largest absolute Gasteiger partial charge is 0.395 e. The molecule has 4 N–H and O–H groups in total. The summed E-state index contributed by atoms with van der Waals surface area (Å²) in [7, 11) is 1.86. The molecule has 0 aromatic heterocycles. The summed E-state index contributed by atoms with van der Waals surface area (Å²) in [5.41, 5.74) is 9.62. The Hall–Kier alpha value is -2.16. The highest BCUT2D eigenvalue weighted by atomic mass is 14.9. The van der Waals surface area contributed by atoms with Crippen LogP contribution in [-0.4, -0.2) is 7.05 Å². The molecule has 0 radical (unpaired) electrons. The number of benzene rings is 2. The van der Waals surface area contributed by atoms with Crippen LogP contribution in [0.15, 0.2) is 48.5 Å². The number of hydrogen-bond donors (Lipinski definition) is 3. The average Bonchev–Trinajstić information content (AvgIpc) is 2.33. The van der Waals surface area contributed by atoms with Gasteiger partial charge in [0.2, 0.25) is 0 Å². The predicted molar refractivity (Wildman–Crippen MR) is 70.1 cm³/mol. The third-order valence-corrected chi connectivity index (χ3v) is 2.43. The van der Waals surface area contributed by atoms with E-state index in [4.69, 9.17) is 5.73 Å². The fourth-order valence-electron chi connectivity index (χ4n) is 1.57. The van der Waals surface area contributed by atoms with Crippen LogP contribution >= 0.6 is 0 Å². The van der Waals surface area contributed by atoms with Crippen molar-refractivity contribution >= 4 is 22.7 Å². The van der Waals surface area contributed by atoms with Crippen molar-refractivity contribution in [1.29, 1.82) is 0 Å². The van der Waals surface area contributed by atoms with Crippen molar-refractivity contribution in [1.82, 2.24) is 0 Å². The van der Waals surface area contributed by atoms with Gasteiger partial charge in [0, 0.05) is 12.7 Å². The monoisotopic (exact) mass is 213 g/mol. The maximum atomic E-state index is 6.02. The molecule has 0 heterocycles. The minimum absolute atomic E-state index is 0.730. The molecule has 3 heteroatoms. The van der Waals surface area contributed by atoms with E-state index in [2.05, 4.69) is 10.6 Å².